The average Bonchev–Trinajstić information content (AvgIpc) is 2.41. The lowest BCUT2D eigenvalue weighted by molar-refractivity contribution is 0.102. The summed E-state index contributed by atoms with van der Waals surface area (Å²) in [7, 11) is 1.56. The molecular weight excluding hydrogens is 310 g/mol. The third-order valence-electron chi connectivity index (χ3n) is 2.48. The largest absolute Gasteiger partial charge is 0.497 e. The van der Waals surface area contributed by atoms with Gasteiger partial charge in [-0.3, -0.25) is 4.79 Å². The van der Waals surface area contributed by atoms with Gasteiger partial charge in [-0.1, -0.05) is 0 Å². The van der Waals surface area contributed by atoms with Gasteiger partial charge in [-0.15, -0.1) is 0 Å². The number of aromatic nitrogens is 1. The summed E-state index contributed by atoms with van der Waals surface area (Å²) >= 11 is 3.36. The van der Waals surface area contributed by atoms with Crippen molar-refractivity contribution in [2.24, 2.45) is 0 Å². The van der Waals surface area contributed by atoms with Crippen LogP contribution in [0.15, 0.2) is 41.0 Å². The van der Waals surface area contributed by atoms with Gasteiger partial charge in [0.25, 0.3) is 5.91 Å². The maximum Gasteiger partial charge on any atom is 0.276 e. The molecule has 5 nitrogen and oxygen atoms in total. The Morgan fingerprint density at radius 3 is 2.89 bits per heavy atom. The van der Waals surface area contributed by atoms with Crippen LogP contribution in [0.2, 0.25) is 0 Å². The fraction of sp³-hybridized carbons (Fsp3) is 0.0769. The Balaban J connectivity index is 2.26. The molecule has 0 saturated heterocycles. The summed E-state index contributed by atoms with van der Waals surface area (Å²) in [4.78, 5) is 16.0. The molecule has 0 aliphatic rings. The standard InChI is InChI=1S/C13H12BrN3O2/c1-19-8-4-5-9(14)11(7-8)17-13(18)12-10(15)3-2-6-16-12/h2-7H,15H2,1H3,(H,17,18). The fourth-order valence-corrected chi connectivity index (χ4v) is 1.86. The van der Waals surface area contributed by atoms with Gasteiger partial charge >= 0.3 is 0 Å². The van der Waals surface area contributed by atoms with Crippen LogP contribution in [0.4, 0.5) is 11.4 Å². The van der Waals surface area contributed by atoms with Crippen LogP contribution in [0.5, 0.6) is 5.75 Å². The van der Waals surface area contributed by atoms with Gasteiger partial charge in [-0.2, -0.15) is 0 Å². The number of benzene rings is 1. The molecule has 1 heterocycles. The number of nitrogens with one attached hydrogen (secondary N) is 1. The quantitative estimate of drug-likeness (QED) is 0.911. The molecule has 0 unspecified atom stereocenters. The highest BCUT2D eigenvalue weighted by atomic mass is 79.9. The van der Waals surface area contributed by atoms with Gasteiger partial charge in [-0.25, -0.2) is 4.98 Å². The highest BCUT2D eigenvalue weighted by molar-refractivity contribution is 9.10. The molecule has 2 aromatic rings. The van der Waals surface area contributed by atoms with E-state index in [1.54, 1.807) is 37.4 Å². The number of nitrogen functional groups attached to an aromatic ring is 1. The van der Waals surface area contributed by atoms with Gasteiger partial charge in [0, 0.05) is 16.7 Å². The number of anilines is 2. The first-order chi connectivity index (χ1) is 9.11. The molecule has 0 spiro atoms. The Morgan fingerprint density at radius 1 is 1.42 bits per heavy atom. The zero-order valence-electron chi connectivity index (χ0n) is 10.2. The Hall–Kier alpha value is -2.08. The minimum atomic E-state index is -0.368. The van der Waals surface area contributed by atoms with Crippen molar-refractivity contribution in [2.75, 3.05) is 18.2 Å². The summed E-state index contributed by atoms with van der Waals surface area (Å²) in [5.74, 6) is 0.277. The first kappa shape index (κ1) is 13.4. The number of hydrogen-bond acceptors (Lipinski definition) is 4. The molecule has 1 aromatic heterocycles. The number of rotatable bonds is 3. The molecule has 98 valence electrons. The van der Waals surface area contributed by atoms with Crippen LogP contribution in [0.25, 0.3) is 0 Å². The van der Waals surface area contributed by atoms with Crippen molar-refractivity contribution in [1.29, 1.82) is 0 Å². The van der Waals surface area contributed by atoms with Crippen molar-refractivity contribution < 1.29 is 9.53 Å². The molecule has 2 rings (SSSR count). The molecule has 0 fully saturated rings. The number of halogens is 1. The van der Waals surface area contributed by atoms with Gasteiger partial charge in [0.1, 0.15) is 5.75 Å². The van der Waals surface area contributed by atoms with Crippen molar-refractivity contribution >= 4 is 33.2 Å². The lowest BCUT2D eigenvalue weighted by Gasteiger charge is -2.09. The lowest BCUT2D eigenvalue weighted by atomic mass is 10.2. The zero-order chi connectivity index (χ0) is 13.8. The molecule has 1 aromatic carbocycles. The van der Waals surface area contributed by atoms with E-state index in [1.807, 2.05) is 0 Å². The van der Waals surface area contributed by atoms with Gasteiger partial charge < -0.3 is 15.8 Å². The predicted molar refractivity (Wildman–Crippen MR) is 77.3 cm³/mol. The van der Waals surface area contributed by atoms with Crippen molar-refractivity contribution in [3.8, 4) is 5.75 Å². The summed E-state index contributed by atoms with van der Waals surface area (Å²) in [6, 6.07) is 8.59. The van der Waals surface area contributed by atoms with Crippen LogP contribution in [0.1, 0.15) is 10.5 Å². The van der Waals surface area contributed by atoms with E-state index in [1.165, 1.54) is 6.20 Å². The monoisotopic (exact) mass is 321 g/mol. The van der Waals surface area contributed by atoms with Crippen LogP contribution >= 0.6 is 15.9 Å². The van der Waals surface area contributed by atoms with Gasteiger partial charge in [0.2, 0.25) is 0 Å². The lowest BCUT2D eigenvalue weighted by Crippen LogP contribution is -2.16. The summed E-state index contributed by atoms with van der Waals surface area (Å²) in [6.07, 6.45) is 1.52. The number of carbonyl (C=O) groups is 1. The van der Waals surface area contributed by atoms with E-state index in [4.69, 9.17) is 10.5 Å². The Labute approximate surface area is 118 Å². The minimum absolute atomic E-state index is 0.192. The van der Waals surface area contributed by atoms with E-state index in [0.29, 0.717) is 17.1 Å². The second-order valence-electron chi connectivity index (χ2n) is 3.74. The van der Waals surface area contributed by atoms with Gasteiger partial charge in [-0.05, 0) is 40.2 Å². The van der Waals surface area contributed by atoms with Crippen LogP contribution < -0.4 is 15.8 Å². The number of pyridine rings is 1. The molecule has 3 N–H and O–H groups in total. The number of nitrogens with zero attached hydrogens (tertiary/aromatic N) is 1. The van der Waals surface area contributed by atoms with Crippen molar-refractivity contribution in [1.82, 2.24) is 4.98 Å². The Kier molecular flexibility index (Phi) is 4.01. The van der Waals surface area contributed by atoms with Crippen LogP contribution in [0, 0.1) is 0 Å². The first-order valence-electron chi connectivity index (χ1n) is 5.47. The second-order valence-corrected chi connectivity index (χ2v) is 4.60. The molecule has 1 amide bonds. The average molecular weight is 322 g/mol. The number of nitrogens with two attached hydrogens (primary N) is 1. The van der Waals surface area contributed by atoms with Crippen LogP contribution in [-0.2, 0) is 0 Å². The van der Waals surface area contributed by atoms with E-state index in [0.717, 1.165) is 4.47 Å². The number of hydrogen-bond donors (Lipinski definition) is 2. The highest BCUT2D eigenvalue weighted by Crippen LogP contribution is 2.27. The zero-order valence-corrected chi connectivity index (χ0v) is 11.8. The molecule has 19 heavy (non-hydrogen) atoms. The Morgan fingerprint density at radius 2 is 2.21 bits per heavy atom. The summed E-state index contributed by atoms with van der Waals surface area (Å²) in [6.45, 7) is 0. The molecule has 0 atom stereocenters. The SMILES string of the molecule is COc1ccc(Br)c(NC(=O)c2ncccc2N)c1. The third kappa shape index (κ3) is 3.03. The van der Waals surface area contributed by atoms with Crippen molar-refractivity contribution in [2.45, 2.75) is 0 Å². The van der Waals surface area contributed by atoms with Crippen molar-refractivity contribution in [3.63, 3.8) is 0 Å². The normalized spacial score (nSPS) is 10.0. The number of carbonyl (C=O) groups excluding carboxylic acids is 1. The van der Waals surface area contributed by atoms with Crippen LogP contribution in [0.3, 0.4) is 0 Å². The highest BCUT2D eigenvalue weighted by Gasteiger charge is 2.13. The summed E-state index contributed by atoms with van der Waals surface area (Å²) < 4.78 is 5.85. The summed E-state index contributed by atoms with van der Waals surface area (Å²) in [5, 5.41) is 2.73. The summed E-state index contributed by atoms with van der Waals surface area (Å²) in [5.41, 5.74) is 6.83. The van der Waals surface area contributed by atoms with E-state index in [2.05, 4.69) is 26.2 Å². The molecular formula is C13H12BrN3O2. The predicted octanol–water partition coefficient (Wildman–Crippen LogP) is 2.69. The van der Waals surface area contributed by atoms with Gasteiger partial charge in [0.05, 0.1) is 18.5 Å². The van der Waals surface area contributed by atoms with Crippen molar-refractivity contribution in [3.05, 3.63) is 46.7 Å². The van der Waals surface area contributed by atoms with E-state index < -0.39 is 0 Å². The molecule has 6 heteroatoms. The smallest absolute Gasteiger partial charge is 0.276 e. The maximum atomic E-state index is 12.1. The number of ether oxygens (including phenoxy) is 1. The van der Waals surface area contributed by atoms with Crippen LogP contribution in [-0.4, -0.2) is 18.0 Å². The topological polar surface area (TPSA) is 77.2 Å². The van der Waals surface area contributed by atoms with E-state index in [9.17, 15) is 4.79 Å². The number of methoxy groups -OCH3 is 1. The maximum absolute atomic E-state index is 12.1. The second kappa shape index (κ2) is 5.71. The fourth-order valence-electron chi connectivity index (χ4n) is 1.52. The minimum Gasteiger partial charge on any atom is -0.497 e. The first-order valence-corrected chi connectivity index (χ1v) is 6.26. The molecule has 0 bridgehead atoms. The molecule has 0 aliphatic heterocycles. The van der Waals surface area contributed by atoms with E-state index in [-0.39, 0.29) is 11.6 Å². The van der Waals surface area contributed by atoms with E-state index >= 15 is 0 Å². The Bertz CT molecular complexity index is 617. The van der Waals surface area contributed by atoms with Gasteiger partial charge in [0.15, 0.2) is 5.69 Å². The molecule has 0 saturated carbocycles. The molecule has 0 radical (unpaired) electrons. The molecule has 0 aliphatic carbocycles. The third-order valence-corrected chi connectivity index (χ3v) is 3.17. The number of amides is 1.